The van der Waals surface area contributed by atoms with E-state index >= 15 is 0 Å². The molecule has 1 amide bonds. The summed E-state index contributed by atoms with van der Waals surface area (Å²) in [6, 6.07) is 5.70. The van der Waals surface area contributed by atoms with Crippen molar-refractivity contribution in [3.8, 4) is 0 Å². The van der Waals surface area contributed by atoms with E-state index in [0.717, 1.165) is 31.7 Å². The number of hydrogen-bond donors (Lipinski definition) is 2. The lowest BCUT2D eigenvalue weighted by Crippen LogP contribution is -2.35. The number of amides is 1. The van der Waals surface area contributed by atoms with E-state index in [-0.39, 0.29) is 23.4 Å². The van der Waals surface area contributed by atoms with Gasteiger partial charge in [0, 0.05) is 41.4 Å². The third-order valence-corrected chi connectivity index (χ3v) is 6.50. The molecular weight excluding hydrogens is 467 g/mol. The summed E-state index contributed by atoms with van der Waals surface area (Å²) < 4.78 is 42.0. The van der Waals surface area contributed by atoms with Crippen molar-refractivity contribution < 1.29 is 18.0 Å². The monoisotopic (exact) mass is 493 g/mol. The van der Waals surface area contributed by atoms with Gasteiger partial charge in [-0.2, -0.15) is 18.3 Å². The fourth-order valence-electron chi connectivity index (χ4n) is 4.53. The number of rotatable bonds is 6. The minimum Gasteiger partial charge on any atom is -0.382 e. The predicted molar refractivity (Wildman–Crippen MR) is 126 cm³/mol. The summed E-state index contributed by atoms with van der Waals surface area (Å²) in [4.78, 5) is 16.4. The highest BCUT2D eigenvalue weighted by atomic mass is 35.5. The summed E-state index contributed by atoms with van der Waals surface area (Å²) in [6.07, 6.45) is 0.627. The Morgan fingerprint density at radius 2 is 2.06 bits per heavy atom. The summed E-state index contributed by atoms with van der Waals surface area (Å²) >= 11 is 6.11. The average Bonchev–Trinajstić information content (AvgIpc) is 3.18. The van der Waals surface area contributed by atoms with E-state index in [4.69, 9.17) is 11.6 Å². The molecule has 4 rings (SSSR count). The highest BCUT2D eigenvalue weighted by Crippen LogP contribution is 2.35. The van der Waals surface area contributed by atoms with Crippen molar-refractivity contribution in [1.29, 1.82) is 0 Å². The van der Waals surface area contributed by atoms with Crippen molar-refractivity contribution in [3.05, 3.63) is 52.4 Å². The van der Waals surface area contributed by atoms with E-state index in [2.05, 4.69) is 20.7 Å². The van der Waals surface area contributed by atoms with Crippen LogP contribution in [0.1, 0.15) is 54.4 Å². The minimum absolute atomic E-state index is 0.0223. The van der Waals surface area contributed by atoms with Crippen LogP contribution in [0.15, 0.2) is 30.5 Å². The zero-order chi connectivity index (χ0) is 24.5. The van der Waals surface area contributed by atoms with Crippen LogP contribution in [-0.2, 0) is 12.7 Å². The number of hydrogen-bond acceptors (Lipinski definition) is 4. The summed E-state index contributed by atoms with van der Waals surface area (Å²) in [7, 11) is 0. The summed E-state index contributed by atoms with van der Waals surface area (Å²) in [5, 5.41) is 11.6. The third-order valence-electron chi connectivity index (χ3n) is 6.27. The Kier molecular flexibility index (Phi) is 7.02. The lowest BCUT2D eigenvalue weighted by Gasteiger charge is -2.31. The third kappa shape index (κ3) is 5.46. The van der Waals surface area contributed by atoms with Crippen LogP contribution >= 0.6 is 11.6 Å². The highest BCUT2D eigenvalue weighted by Gasteiger charge is 2.34. The van der Waals surface area contributed by atoms with Crippen molar-refractivity contribution in [3.63, 3.8) is 0 Å². The van der Waals surface area contributed by atoms with E-state index in [1.165, 1.54) is 12.1 Å². The lowest BCUT2D eigenvalue weighted by atomic mass is 9.85. The first-order valence-electron chi connectivity index (χ1n) is 11.4. The highest BCUT2D eigenvalue weighted by molar-refractivity contribution is 6.31. The second-order valence-electron chi connectivity index (χ2n) is 8.78. The molecule has 1 unspecified atom stereocenters. The van der Waals surface area contributed by atoms with E-state index < -0.39 is 11.9 Å². The van der Waals surface area contributed by atoms with Crippen molar-refractivity contribution in [2.45, 2.75) is 58.3 Å². The molecule has 2 heterocycles. The summed E-state index contributed by atoms with van der Waals surface area (Å²) in [5.41, 5.74) is 0.923. The predicted octanol–water partition coefficient (Wildman–Crippen LogP) is 5.83. The smallest absolute Gasteiger partial charge is 0.382 e. The number of halogens is 4. The van der Waals surface area contributed by atoms with Gasteiger partial charge in [-0.25, -0.2) is 4.98 Å². The Bertz CT molecular complexity index is 1190. The number of fused-ring (bicyclic) bond motifs is 1. The Labute approximate surface area is 200 Å². The number of anilines is 1. The number of aromatic nitrogens is 3. The second kappa shape index (κ2) is 9.82. The SMILES string of the molecule is CCn1cc(C(=O)NCC2CCC[C@H](Nc3cc(C(F)(F)F)nc4ccc(Cl)cc34)C2)c(C)n1. The van der Waals surface area contributed by atoms with Gasteiger partial charge in [0.25, 0.3) is 5.91 Å². The van der Waals surface area contributed by atoms with E-state index in [9.17, 15) is 18.0 Å². The Balaban J connectivity index is 1.46. The molecule has 1 aromatic carbocycles. The molecule has 0 saturated heterocycles. The van der Waals surface area contributed by atoms with Gasteiger partial charge in [-0.05, 0) is 63.3 Å². The molecule has 3 aromatic rings. The molecule has 2 N–H and O–H groups in total. The molecule has 1 fully saturated rings. The normalized spacial score (nSPS) is 18.8. The summed E-state index contributed by atoms with van der Waals surface area (Å²) in [5.74, 6) is 0.0624. The van der Waals surface area contributed by atoms with Crippen LogP contribution in [0.25, 0.3) is 10.9 Å². The van der Waals surface area contributed by atoms with Gasteiger partial charge in [0.2, 0.25) is 0 Å². The van der Waals surface area contributed by atoms with E-state index in [0.29, 0.717) is 40.4 Å². The average molecular weight is 494 g/mol. The zero-order valence-corrected chi connectivity index (χ0v) is 19.8. The Morgan fingerprint density at radius 1 is 1.26 bits per heavy atom. The number of carbonyl (C=O) groups excluding carboxylic acids is 1. The molecule has 182 valence electrons. The first-order valence-corrected chi connectivity index (χ1v) is 11.8. The zero-order valence-electron chi connectivity index (χ0n) is 19.0. The fraction of sp³-hybridized carbons (Fsp3) is 0.458. The topological polar surface area (TPSA) is 71.8 Å². The first kappa shape index (κ1) is 24.3. The number of pyridine rings is 1. The van der Waals surface area contributed by atoms with Crippen molar-refractivity contribution in [2.24, 2.45) is 5.92 Å². The minimum atomic E-state index is -4.55. The number of nitrogens with zero attached hydrogens (tertiary/aromatic N) is 3. The molecule has 0 bridgehead atoms. The second-order valence-corrected chi connectivity index (χ2v) is 9.22. The largest absolute Gasteiger partial charge is 0.433 e. The molecule has 1 aliphatic carbocycles. The Hall–Kier alpha value is -2.81. The van der Waals surface area contributed by atoms with Gasteiger partial charge in [-0.15, -0.1) is 0 Å². The van der Waals surface area contributed by atoms with Crippen LogP contribution in [0.4, 0.5) is 18.9 Å². The molecule has 0 radical (unpaired) electrons. The number of alkyl halides is 3. The molecule has 0 aliphatic heterocycles. The molecule has 10 heteroatoms. The van der Waals surface area contributed by atoms with Crippen LogP contribution in [-0.4, -0.2) is 33.3 Å². The molecular formula is C24H27ClF3N5O. The number of nitrogens with one attached hydrogen (secondary N) is 2. The lowest BCUT2D eigenvalue weighted by molar-refractivity contribution is -0.140. The standard InChI is InChI=1S/C24H27ClF3N5O/c1-3-33-13-19(14(2)32-33)23(34)29-12-15-5-4-6-17(9-15)30-21-11-22(24(26,27)28)31-20-8-7-16(25)10-18(20)21/h7-8,10-11,13,15,17H,3-6,9,12H2,1-2H3,(H,29,34)(H,30,31)/t15?,17-/m0/s1. The van der Waals surface area contributed by atoms with Gasteiger partial charge in [-0.1, -0.05) is 18.0 Å². The van der Waals surface area contributed by atoms with Crippen molar-refractivity contribution in [2.75, 3.05) is 11.9 Å². The number of benzene rings is 1. The molecule has 2 atom stereocenters. The van der Waals surface area contributed by atoms with Crippen LogP contribution < -0.4 is 10.6 Å². The number of aryl methyl sites for hydroxylation is 2. The molecule has 1 saturated carbocycles. The number of carbonyl (C=O) groups is 1. The Morgan fingerprint density at radius 3 is 2.76 bits per heavy atom. The molecule has 34 heavy (non-hydrogen) atoms. The van der Waals surface area contributed by atoms with Gasteiger partial charge in [0.15, 0.2) is 0 Å². The van der Waals surface area contributed by atoms with Gasteiger partial charge in [0.1, 0.15) is 5.69 Å². The van der Waals surface area contributed by atoms with Crippen molar-refractivity contribution >= 4 is 34.1 Å². The van der Waals surface area contributed by atoms with Crippen LogP contribution in [0.5, 0.6) is 0 Å². The quantitative estimate of drug-likeness (QED) is 0.453. The molecule has 0 spiro atoms. The summed E-state index contributed by atoms with van der Waals surface area (Å²) in [6.45, 7) is 4.96. The maximum atomic E-state index is 13.4. The molecule has 2 aromatic heterocycles. The van der Waals surface area contributed by atoms with E-state index in [1.807, 2.05) is 13.8 Å². The molecule has 6 nitrogen and oxygen atoms in total. The maximum absolute atomic E-state index is 13.4. The van der Waals surface area contributed by atoms with Gasteiger partial charge < -0.3 is 10.6 Å². The van der Waals surface area contributed by atoms with Gasteiger partial charge in [0.05, 0.1) is 16.8 Å². The van der Waals surface area contributed by atoms with E-state index in [1.54, 1.807) is 16.9 Å². The van der Waals surface area contributed by atoms with Crippen molar-refractivity contribution in [1.82, 2.24) is 20.1 Å². The van der Waals surface area contributed by atoms with Crippen LogP contribution in [0, 0.1) is 12.8 Å². The fourth-order valence-corrected chi connectivity index (χ4v) is 4.70. The van der Waals surface area contributed by atoms with Gasteiger partial charge in [-0.3, -0.25) is 9.48 Å². The van der Waals surface area contributed by atoms with Crippen LogP contribution in [0.3, 0.4) is 0 Å². The van der Waals surface area contributed by atoms with Gasteiger partial charge >= 0.3 is 6.18 Å². The van der Waals surface area contributed by atoms with Crippen LogP contribution in [0.2, 0.25) is 5.02 Å². The molecule has 1 aliphatic rings. The maximum Gasteiger partial charge on any atom is 0.433 e. The first-order chi connectivity index (χ1) is 16.1.